The van der Waals surface area contributed by atoms with Crippen molar-refractivity contribution in [2.45, 2.75) is 24.3 Å². The number of nitrogens with zero attached hydrogens (tertiary/aromatic N) is 1. The lowest BCUT2D eigenvalue weighted by atomic mass is 10.2. The highest BCUT2D eigenvalue weighted by molar-refractivity contribution is 7.92. The molecule has 1 N–H and O–H groups in total. The second kappa shape index (κ2) is 4.21. The van der Waals surface area contributed by atoms with E-state index in [1.807, 2.05) is 0 Å². The summed E-state index contributed by atoms with van der Waals surface area (Å²) in [4.78, 5) is 14.7. The molecule has 88 valence electrons. The highest BCUT2D eigenvalue weighted by Crippen LogP contribution is 2.20. The van der Waals surface area contributed by atoms with Gasteiger partial charge >= 0.3 is 5.97 Å². The Labute approximate surface area is 94.1 Å². The van der Waals surface area contributed by atoms with E-state index in [0.29, 0.717) is 5.69 Å². The van der Waals surface area contributed by atoms with Crippen molar-refractivity contribution in [3.8, 4) is 0 Å². The first kappa shape index (κ1) is 12.6. The number of carboxylic acids is 1. The van der Waals surface area contributed by atoms with Gasteiger partial charge in [-0.3, -0.25) is 9.78 Å². The van der Waals surface area contributed by atoms with Gasteiger partial charge in [0.1, 0.15) is 0 Å². The fraction of sp³-hybridized carbons (Fsp3) is 0.400. The van der Waals surface area contributed by atoms with Crippen molar-refractivity contribution in [2.24, 2.45) is 0 Å². The van der Waals surface area contributed by atoms with Gasteiger partial charge in [-0.15, -0.1) is 0 Å². The molecule has 0 saturated heterocycles. The van der Waals surface area contributed by atoms with Crippen LogP contribution < -0.4 is 0 Å². The van der Waals surface area contributed by atoms with Gasteiger partial charge in [-0.05, 0) is 26.0 Å². The molecule has 0 aliphatic rings. The molecule has 5 nitrogen and oxygen atoms in total. The van der Waals surface area contributed by atoms with Gasteiger partial charge in [0.15, 0.2) is 14.6 Å². The average molecular weight is 243 g/mol. The molecule has 16 heavy (non-hydrogen) atoms. The van der Waals surface area contributed by atoms with Gasteiger partial charge in [0.05, 0.1) is 11.4 Å². The summed E-state index contributed by atoms with van der Waals surface area (Å²) in [6, 6.07) is 4.87. The maximum atomic E-state index is 11.8. The Kier molecular flexibility index (Phi) is 3.32. The van der Waals surface area contributed by atoms with Crippen LogP contribution in [-0.4, -0.2) is 29.2 Å². The third-order valence-electron chi connectivity index (χ3n) is 2.36. The summed E-state index contributed by atoms with van der Waals surface area (Å²) in [5.41, 5.74) is 0.344. The monoisotopic (exact) mass is 243 g/mol. The van der Waals surface area contributed by atoms with Crippen LogP contribution in [0.3, 0.4) is 0 Å². The maximum Gasteiger partial charge on any atom is 0.324 e. The third kappa shape index (κ3) is 2.38. The van der Waals surface area contributed by atoms with Crippen LogP contribution in [0.1, 0.15) is 19.5 Å². The van der Waals surface area contributed by atoms with Crippen LogP contribution in [0.25, 0.3) is 0 Å². The van der Waals surface area contributed by atoms with Crippen LogP contribution in [0.4, 0.5) is 0 Å². The minimum absolute atomic E-state index is 0.344. The second-order valence-electron chi connectivity index (χ2n) is 3.90. The van der Waals surface area contributed by atoms with Gasteiger partial charge in [-0.1, -0.05) is 6.07 Å². The molecule has 0 aliphatic heterocycles. The number of pyridine rings is 1. The van der Waals surface area contributed by atoms with E-state index in [2.05, 4.69) is 4.98 Å². The molecular weight excluding hydrogens is 230 g/mol. The van der Waals surface area contributed by atoms with Crippen molar-refractivity contribution in [1.82, 2.24) is 4.98 Å². The van der Waals surface area contributed by atoms with Crippen molar-refractivity contribution in [3.63, 3.8) is 0 Å². The SMILES string of the molecule is CC(C)(C(=O)O)S(=O)(=O)Cc1ccccn1. The molecule has 1 aromatic heterocycles. The third-order valence-corrected chi connectivity index (χ3v) is 4.76. The van der Waals surface area contributed by atoms with Gasteiger partial charge in [0.25, 0.3) is 0 Å². The number of carboxylic acid groups (broad SMARTS) is 1. The van der Waals surface area contributed by atoms with E-state index < -0.39 is 20.6 Å². The Morgan fingerprint density at radius 2 is 2.06 bits per heavy atom. The summed E-state index contributed by atoms with van der Waals surface area (Å²) in [6.07, 6.45) is 1.47. The summed E-state index contributed by atoms with van der Waals surface area (Å²) < 4.78 is 21.9. The van der Waals surface area contributed by atoms with Crippen LogP contribution in [0.15, 0.2) is 24.4 Å². The van der Waals surface area contributed by atoms with Crippen LogP contribution >= 0.6 is 0 Å². The molecule has 0 aliphatic carbocycles. The minimum Gasteiger partial charge on any atom is -0.480 e. The van der Waals surface area contributed by atoms with Crippen molar-refractivity contribution in [2.75, 3.05) is 0 Å². The van der Waals surface area contributed by atoms with Crippen LogP contribution in [0.5, 0.6) is 0 Å². The number of aromatic nitrogens is 1. The number of aliphatic carboxylic acids is 1. The van der Waals surface area contributed by atoms with E-state index in [1.54, 1.807) is 18.2 Å². The normalized spacial score (nSPS) is 12.4. The predicted octanol–water partition coefficient (Wildman–Crippen LogP) is 0.860. The Bertz CT molecular complexity index is 479. The summed E-state index contributed by atoms with van der Waals surface area (Å²) in [5.74, 6) is -1.73. The summed E-state index contributed by atoms with van der Waals surface area (Å²) in [7, 11) is -3.77. The minimum atomic E-state index is -3.77. The van der Waals surface area contributed by atoms with Crippen molar-refractivity contribution >= 4 is 15.8 Å². The molecule has 6 heteroatoms. The average Bonchev–Trinajstić information content (AvgIpc) is 2.18. The summed E-state index contributed by atoms with van der Waals surface area (Å²) >= 11 is 0. The number of hydrogen-bond acceptors (Lipinski definition) is 4. The van der Waals surface area contributed by atoms with Gasteiger partial charge < -0.3 is 5.11 Å². The van der Waals surface area contributed by atoms with Crippen LogP contribution in [0, 0.1) is 0 Å². The van der Waals surface area contributed by atoms with Crippen LogP contribution in [-0.2, 0) is 20.4 Å². The molecular formula is C10H13NO4S. The molecule has 0 aromatic carbocycles. The highest BCUT2D eigenvalue weighted by Gasteiger charge is 2.41. The van der Waals surface area contributed by atoms with Gasteiger partial charge in [0.2, 0.25) is 0 Å². The Balaban J connectivity index is 3.02. The lowest BCUT2D eigenvalue weighted by Gasteiger charge is -2.19. The molecule has 0 radical (unpaired) electrons. The number of rotatable bonds is 4. The first-order valence-corrected chi connectivity index (χ1v) is 6.28. The number of hydrogen-bond donors (Lipinski definition) is 1. The lowest BCUT2D eigenvalue weighted by Crippen LogP contribution is -2.41. The fourth-order valence-corrected chi connectivity index (χ4v) is 2.18. The van der Waals surface area contributed by atoms with Crippen LogP contribution in [0.2, 0.25) is 0 Å². The summed E-state index contributed by atoms with van der Waals surface area (Å²) in [5, 5.41) is 8.86. The molecule has 0 bridgehead atoms. The molecule has 1 heterocycles. The largest absolute Gasteiger partial charge is 0.480 e. The molecule has 1 rings (SSSR count). The lowest BCUT2D eigenvalue weighted by molar-refractivity contribution is -0.139. The molecule has 0 unspecified atom stereocenters. The van der Waals surface area contributed by atoms with E-state index >= 15 is 0 Å². The van der Waals surface area contributed by atoms with E-state index in [1.165, 1.54) is 20.0 Å². The van der Waals surface area contributed by atoms with Gasteiger partial charge in [-0.2, -0.15) is 0 Å². The first-order valence-electron chi connectivity index (χ1n) is 4.63. The van der Waals surface area contributed by atoms with Crippen molar-refractivity contribution < 1.29 is 18.3 Å². The Morgan fingerprint density at radius 3 is 2.50 bits per heavy atom. The molecule has 0 saturated carbocycles. The zero-order chi connectivity index (χ0) is 12.4. The second-order valence-corrected chi connectivity index (χ2v) is 6.43. The molecule has 0 amide bonds. The van der Waals surface area contributed by atoms with E-state index in [4.69, 9.17) is 5.11 Å². The standard InChI is InChI=1S/C10H13NO4S/c1-10(2,9(12)13)16(14,15)7-8-5-3-4-6-11-8/h3-6H,7H2,1-2H3,(H,12,13). The first-order chi connectivity index (χ1) is 7.27. The fourth-order valence-electron chi connectivity index (χ4n) is 0.992. The Hall–Kier alpha value is -1.43. The van der Waals surface area contributed by atoms with E-state index in [-0.39, 0.29) is 5.75 Å². The molecule has 0 atom stereocenters. The maximum absolute atomic E-state index is 11.8. The Morgan fingerprint density at radius 1 is 1.44 bits per heavy atom. The van der Waals surface area contributed by atoms with E-state index in [0.717, 1.165) is 0 Å². The predicted molar refractivity (Wildman–Crippen MR) is 58.6 cm³/mol. The molecule has 1 aromatic rings. The van der Waals surface area contributed by atoms with E-state index in [9.17, 15) is 13.2 Å². The summed E-state index contributed by atoms with van der Waals surface area (Å²) in [6.45, 7) is 2.35. The number of carbonyl (C=O) groups is 1. The highest BCUT2D eigenvalue weighted by atomic mass is 32.2. The van der Waals surface area contributed by atoms with Crippen molar-refractivity contribution in [3.05, 3.63) is 30.1 Å². The van der Waals surface area contributed by atoms with Gasteiger partial charge in [-0.25, -0.2) is 8.42 Å². The zero-order valence-electron chi connectivity index (χ0n) is 9.04. The smallest absolute Gasteiger partial charge is 0.324 e. The zero-order valence-corrected chi connectivity index (χ0v) is 9.86. The topological polar surface area (TPSA) is 84.3 Å². The molecule has 0 fully saturated rings. The van der Waals surface area contributed by atoms with Crippen molar-refractivity contribution in [1.29, 1.82) is 0 Å². The number of sulfone groups is 1. The molecule has 0 spiro atoms. The van der Waals surface area contributed by atoms with Gasteiger partial charge in [0, 0.05) is 6.20 Å². The quantitative estimate of drug-likeness (QED) is 0.847.